The van der Waals surface area contributed by atoms with Gasteiger partial charge in [0.05, 0.1) is 5.52 Å². The Hall–Kier alpha value is -4.13. The molecule has 174 valence electrons. The molecule has 0 aliphatic heterocycles. The molecule has 1 N–H and O–H groups in total. The van der Waals surface area contributed by atoms with Crippen LogP contribution in [0, 0.1) is 6.92 Å². The van der Waals surface area contributed by atoms with Crippen LogP contribution in [0.1, 0.15) is 31.7 Å². The maximum atomic E-state index is 12.3. The number of fused-ring (bicyclic) bond motifs is 1. The maximum Gasteiger partial charge on any atom is 0.253 e. The van der Waals surface area contributed by atoms with Crippen molar-refractivity contribution in [2.45, 2.75) is 27.2 Å². The van der Waals surface area contributed by atoms with E-state index in [4.69, 9.17) is 9.72 Å². The van der Waals surface area contributed by atoms with Gasteiger partial charge in [-0.15, -0.1) is 0 Å². The van der Waals surface area contributed by atoms with Crippen LogP contribution in [-0.4, -0.2) is 32.4 Å². The zero-order valence-electron chi connectivity index (χ0n) is 20.0. The van der Waals surface area contributed by atoms with E-state index in [9.17, 15) is 9.59 Å². The number of benzene rings is 2. The molecule has 0 fully saturated rings. The summed E-state index contributed by atoms with van der Waals surface area (Å²) in [6.07, 6.45) is 4.01. The molecule has 0 saturated heterocycles. The van der Waals surface area contributed by atoms with Gasteiger partial charge in [0, 0.05) is 55.2 Å². The number of ether oxygens (including phenoxy) is 1. The van der Waals surface area contributed by atoms with Crippen molar-refractivity contribution in [1.82, 2.24) is 19.4 Å². The van der Waals surface area contributed by atoms with Gasteiger partial charge >= 0.3 is 0 Å². The smallest absolute Gasteiger partial charge is 0.253 e. The molecule has 4 aromatic rings. The lowest BCUT2D eigenvalue weighted by atomic mass is 10.0. The lowest BCUT2D eigenvalue weighted by Crippen LogP contribution is -2.19. The normalized spacial score (nSPS) is 11.6. The number of nitrogens with zero attached hydrogens (tertiary/aromatic N) is 3. The highest BCUT2D eigenvalue weighted by Gasteiger charge is 2.18. The summed E-state index contributed by atoms with van der Waals surface area (Å²) in [7, 11) is 3.48. The third kappa shape index (κ3) is 4.50. The first-order chi connectivity index (χ1) is 16.3. The van der Waals surface area contributed by atoms with Gasteiger partial charge in [-0.05, 0) is 44.2 Å². The Morgan fingerprint density at radius 2 is 1.94 bits per heavy atom. The van der Waals surface area contributed by atoms with Crippen LogP contribution in [0.3, 0.4) is 0 Å². The molecule has 2 aromatic carbocycles. The van der Waals surface area contributed by atoms with Crippen molar-refractivity contribution in [2.24, 2.45) is 7.05 Å². The second-order valence-corrected chi connectivity index (χ2v) is 8.34. The van der Waals surface area contributed by atoms with Gasteiger partial charge in [-0.2, -0.15) is 0 Å². The number of aryl methyl sites for hydroxylation is 2. The van der Waals surface area contributed by atoms with Gasteiger partial charge in [-0.1, -0.05) is 25.1 Å². The van der Waals surface area contributed by atoms with E-state index >= 15 is 0 Å². The van der Waals surface area contributed by atoms with E-state index in [2.05, 4.69) is 4.98 Å². The van der Waals surface area contributed by atoms with E-state index in [1.807, 2.05) is 62.4 Å². The van der Waals surface area contributed by atoms with Crippen molar-refractivity contribution in [2.75, 3.05) is 7.05 Å². The zero-order chi connectivity index (χ0) is 24.4. The summed E-state index contributed by atoms with van der Waals surface area (Å²) in [5.41, 5.74) is 4.60. The second kappa shape index (κ2) is 9.39. The number of amides is 1. The van der Waals surface area contributed by atoms with Gasteiger partial charge < -0.3 is 19.2 Å². The minimum atomic E-state index is -0.0380. The number of aromatic amines is 1. The number of para-hydroxylation sites is 1. The number of imidazole rings is 1. The number of rotatable bonds is 6. The summed E-state index contributed by atoms with van der Waals surface area (Å²) in [5, 5.41) is 0. The fourth-order valence-corrected chi connectivity index (χ4v) is 3.87. The molecule has 0 unspecified atom stereocenters. The number of nitrogens with one attached hydrogen (secondary N) is 1. The van der Waals surface area contributed by atoms with Crippen LogP contribution in [0.25, 0.3) is 27.7 Å². The molecule has 0 atom stereocenters. The van der Waals surface area contributed by atoms with Crippen LogP contribution < -0.4 is 10.3 Å². The lowest BCUT2D eigenvalue weighted by molar-refractivity contribution is -0.127. The number of allylic oxidation sites excluding steroid dienone is 1. The van der Waals surface area contributed by atoms with E-state index < -0.39 is 0 Å². The molecule has 7 heteroatoms. The van der Waals surface area contributed by atoms with Gasteiger partial charge in [0.1, 0.15) is 17.1 Å². The second-order valence-electron chi connectivity index (χ2n) is 8.34. The Morgan fingerprint density at radius 1 is 1.21 bits per heavy atom. The SMILES string of the molecule is CCC(=O)N(C)/C=C(\C)c1nc2c(Oc3ccccc3)c(-c3cc(C)c(=O)n(C)c3)ccc2[nH]1. The summed E-state index contributed by atoms with van der Waals surface area (Å²) in [5.74, 6) is 1.95. The van der Waals surface area contributed by atoms with Gasteiger partial charge in [-0.25, -0.2) is 4.98 Å². The van der Waals surface area contributed by atoms with Crippen LogP contribution in [-0.2, 0) is 11.8 Å². The van der Waals surface area contributed by atoms with Crippen LogP contribution in [0.15, 0.2) is 65.7 Å². The number of carbonyl (C=O) groups is 1. The number of hydrogen-bond acceptors (Lipinski definition) is 4. The monoisotopic (exact) mass is 456 g/mol. The average Bonchev–Trinajstić information content (AvgIpc) is 3.27. The summed E-state index contributed by atoms with van der Waals surface area (Å²) in [6, 6.07) is 15.3. The van der Waals surface area contributed by atoms with E-state index in [1.54, 1.807) is 42.9 Å². The molecule has 0 radical (unpaired) electrons. The van der Waals surface area contributed by atoms with Crippen LogP contribution in [0.2, 0.25) is 0 Å². The summed E-state index contributed by atoms with van der Waals surface area (Å²) in [6.45, 7) is 5.54. The third-order valence-corrected chi connectivity index (χ3v) is 5.70. The first kappa shape index (κ1) is 23.0. The topological polar surface area (TPSA) is 80.2 Å². The summed E-state index contributed by atoms with van der Waals surface area (Å²) in [4.78, 5) is 34.0. The molecule has 0 aliphatic rings. The Balaban J connectivity index is 1.89. The highest BCUT2D eigenvalue weighted by Crippen LogP contribution is 2.39. The van der Waals surface area contributed by atoms with E-state index in [0.29, 0.717) is 34.8 Å². The number of carbonyl (C=O) groups excluding carboxylic acids is 1. The molecule has 2 aromatic heterocycles. The van der Waals surface area contributed by atoms with Gasteiger partial charge in [0.15, 0.2) is 5.75 Å². The van der Waals surface area contributed by atoms with Crippen molar-refractivity contribution in [3.8, 4) is 22.6 Å². The Bertz CT molecular complexity index is 1420. The van der Waals surface area contributed by atoms with Crippen molar-refractivity contribution >= 4 is 22.5 Å². The number of aromatic nitrogens is 3. The summed E-state index contributed by atoms with van der Waals surface area (Å²) < 4.78 is 7.94. The molecule has 0 bridgehead atoms. The van der Waals surface area contributed by atoms with Crippen molar-refractivity contribution < 1.29 is 9.53 Å². The minimum absolute atomic E-state index is 0.0240. The van der Waals surface area contributed by atoms with E-state index in [0.717, 1.165) is 22.2 Å². The molecule has 0 saturated carbocycles. The number of pyridine rings is 1. The predicted molar refractivity (Wildman–Crippen MR) is 135 cm³/mol. The Kier molecular flexibility index (Phi) is 6.36. The van der Waals surface area contributed by atoms with E-state index in [1.165, 1.54) is 0 Å². The first-order valence-corrected chi connectivity index (χ1v) is 11.2. The lowest BCUT2D eigenvalue weighted by Gasteiger charge is -2.13. The van der Waals surface area contributed by atoms with Gasteiger partial charge in [-0.3, -0.25) is 9.59 Å². The molecular formula is C27H28N4O3. The Morgan fingerprint density at radius 3 is 2.62 bits per heavy atom. The molecule has 4 rings (SSSR count). The average molecular weight is 457 g/mol. The molecule has 2 heterocycles. The zero-order valence-corrected chi connectivity index (χ0v) is 20.0. The summed E-state index contributed by atoms with van der Waals surface area (Å²) >= 11 is 0. The number of H-pyrrole nitrogens is 1. The molecule has 1 amide bonds. The standard InChI is InChI=1S/C27H28N4O3/c1-6-23(32)30(4)15-18(3)26-28-22-13-12-21(19-14-17(2)27(33)31(5)16-19)25(24(22)29-26)34-20-10-8-7-9-11-20/h7-16H,6H2,1-5H3,(H,28,29)/b18-15+. The highest BCUT2D eigenvalue weighted by molar-refractivity contribution is 5.92. The fraction of sp³-hybridized carbons (Fsp3) is 0.222. The van der Waals surface area contributed by atoms with Crippen molar-refractivity contribution in [3.63, 3.8) is 0 Å². The predicted octanol–water partition coefficient (Wildman–Crippen LogP) is 5.26. The molecule has 0 spiro atoms. The minimum Gasteiger partial charge on any atom is -0.454 e. The quantitative estimate of drug-likeness (QED) is 0.429. The van der Waals surface area contributed by atoms with Crippen LogP contribution in [0.4, 0.5) is 0 Å². The van der Waals surface area contributed by atoms with Crippen LogP contribution in [0.5, 0.6) is 11.5 Å². The van der Waals surface area contributed by atoms with Crippen molar-refractivity contribution in [3.05, 3.63) is 82.7 Å². The first-order valence-electron chi connectivity index (χ1n) is 11.2. The Labute approximate surface area is 198 Å². The molecule has 34 heavy (non-hydrogen) atoms. The van der Waals surface area contributed by atoms with Crippen molar-refractivity contribution in [1.29, 1.82) is 0 Å². The third-order valence-electron chi connectivity index (χ3n) is 5.70. The molecule has 0 aliphatic carbocycles. The highest BCUT2D eigenvalue weighted by atomic mass is 16.5. The van der Waals surface area contributed by atoms with Gasteiger partial charge in [0.25, 0.3) is 5.56 Å². The maximum absolute atomic E-state index is 12.3. The van der Waals surface area contributed by atoms with Gasteiger partial charge in [0.2, 0.25) is 5.91 Å². The number of hydrogen-bond donors (Lipinski definition) is 1. The fourth-order valence-electron chi connectivity index (χ4n) is 3.87. The molecular weight excluding hydrogens is 428 g/mol. The van der Waals surface area contributed by atoms with E-state index in [-0.39, 0.29) is 11.5 Å². The molecule has 7 nitrogen and oxygen atoms in total. The van der Waals surface area contributed by atoms with Crippen LogP contribution >= 0.6 is 0 Å². The largest absolute Gasteiger partial charge is 0.454 e.